The van der Waals surface area contributed by atoms with Crippen LogP contribution in [0.1, 0.15) is 31.4 Å². The molecule has 0 unspecified atom stereocenters. The van der Waals surface area contributed by atoms with E-state index in [1.807, 2.05) is 20.0 Å². The van der Waals surface area contributed by atoms with Crippen LogP contribution in [0.2, 0.25) is 0 Å². The molecule has 2 aromatic rings. The maximum Gasteiger partial charge on any atom is 0.157 e. The molecule has 2 atom stereocenters. The molecule has 0 aromatic carbocycles. The zero-order chi connectivity index (χ0) is 15.9. The van der Waals surface area contributed by atoms with Gasteiger partial charge in [-0.15, -0.1) is 0 Å². The van der Waals surface area contributed by atoms with Gasteiger partial charge in [-0.2, -0.15) is 5.10 Å². The molecular weight excluding hydrogens is 300 g/mol. The summed E-state index contributed by atoms with van der Waals surface area (Å²) >= 11 is 0. The zero-order valence-corrected chi connectivity index (χ0v) is 14.0. The van der Waals surface area contributed by atoms with Gasteiger partial charge in [0.15, 0.2) is 15.5 Å². The highest BCUT2D eigenvalue weighted by molar-refractivity contribution is 7.91. The van der Waals surface area contributed by atoms with E-state index in [4.69, 9.17) is 0 Å². The topological polar surface area (TPSA) is 76.9 Å². The summed E-state index contributed by atoms with van der Waals surface area (Å²) in [5, 5.41) is 8.44. The average Bonchev–Trinajstić information content (AvgIpc) is 2.73. The first-order valence-electron chi connectivity index (χ1n) is 7.61. The van der Waals surface area contributed by atoms with Gasteiger partial charge in [-0.05, 0) is 25.8 Å². The van der Waals surface area contributed by atoms with E-state index in [0.29, 0.717) is 0 Å². The van der Waals surface area contributed by atoms with Gasteiger partial charge in [0.05, 0.1) is 22.8 Å². The Morgan fingerprint density at radius 2 is 2.05 bits per heavy atom. The molecule has 0 spiro atoms. The SMILES string of the molecule is Cc1nn(C)c2ncc(N[C@H]3CCCC[C@@H]3S(C)(=O)=O)cc12. The predicted molar refractivity (Wildman–Crippen MR) is 87.8 cm³/mol. The standard InChI is InChI=1S/C15H22N4O2S/c1-10-12-8-11(9-16-15(12)19(2)18-10)17-13-6-4-5-7-14(13)22(3,20)21/h8-9,13-14,17H,4-7H2,1-3H3/t13-,14-/m0/s1. The first-order valence-corrected chi connectivity index (χ1v) is 9.56. The third-order valence-electron chi connectivity index (χ3n) is 4.47. The van der Waals surface area contributed by atoms with E-state index < -0.39 is 9.84 Å². The summed E-state index contributed by atoms with van der Waals surface area (Å²) in [6.45, 7) is 1.95. The highest BCUT2D eigenvalue weighted by Gasteiger charge is 2.32. The lowest BCUT2D eigenvalue weighted by atomic mass is 9.94. The van der Waals surface area contributed by atoms with Gasteiger partial charge < -0.3 is 5.32 Å². The fourth-order valence-electron chi connectivity index (χ4n) is 3.38. The lowest BCUT2D eigenvalue weighted by molar-refractivity contribution is 0.452. The van der Waals surface area contributed by atoms with E-state index in [1.54, 1.807) is 10.9 Å². The number of hydrogen-bond acceptors (Lipinski definition) is 5. The van der Waals surface area contributed by atoms with E-state index in [9.17, 15) is 8.42 Å². The average molecular weight is 322 g/mol. The monoisotopic (exact) mass is 322 g/mol. The molecule has 1 saturated carbocycles. The van der Waals surface area contributed by atoms with Crippen molar-refractivity contribution in [2.24, 2.45) is 7.05 Å². The Morgan fingerprint density at radius 1 is 1.32 bits per heavy atom. The van der Waals surface area contributed by atoms with Crippen LogP contribution in [-0.2, 0) is 16.9 Å². The molecule has 7 heteroatoms. The first-order chi connectivity index (χ1) is 10.4. The Hall–Kier alpha value is -1.63. The van der Waals surface area contributed by atoms with Crippen LogP contribution in [0.3, 0.4) is 0 Å². The van der Waals surface area contributed by atoms with E-state index >= 15 is 0 Å². The zero-order valence-electron chi connectivity index (χ0n) is 13.2. The summed E-state index contributed by atoms with van der Waals surface area (Å²) in [5.74, 6) is 0. The van der Waals surface area contributed by atoms with Crippen LogP contribution in [-0.4, -0.2) is 40.7 Å². The minimum Gasteiger partial charge on any atom is -0.380 e. The molecule has 0 bridgehead atoms. The molecule has 1 aliphatic rings. The number of nitrogens with one attached hydrogen (secondary N) is 1. The molecule has 1 fully saturated rings. The number of hydrogen-bond donors (Lipinski definition) is 1. The molecule has 0 radical (unpaired) electrons. The lowest BCUT2D eigenvalue weighted by Crippen LogP contribution is -2.41. The second kappa shape index (κ2) is 5.53. The van der Waals surface area contributed by atoms with Crippen molar-refractivity contribution in [1.29, 1.82) is 0 Å². The predicted octanol–water partition coefficient (Wildman–Crippen LogP) is 2.04. The molecule has 22 heavy (non-hydrogen) atoms. The molecule has 6 nitrogen and oxygen atoms in total. The molecule has 0 aliphatic heterocycles. The van der Waals surface area contributed by atoms with E-state index in [0.717, 1.165) is 48.1 Å². The quantitative estimate of drug-likeness (QED) is 0.936. The molecule has 1 N–H and O–H groups in total. The molecule has 3 rings (SSSR count). The molecule has 2 aromatic heterocycles. The van der Waals surface area contributed by atoms with Gasteiger partial charge in [-0.3, -0.25) is 4.68 Å². The summed E-state index contributed by atoms with van der Waals surface area (Å²) in [6, 6.07) is 1.97. The number of aryl methyl sites for hydroxylation is 2. The van der Waals surface area contributed by atoms with E-state index in [2.05, 4.69) is 15.4 Å². The van der Waals surface area contributed by atoms with Crippen molar-refractivity contribution in [3.8, 4) is 0 Å². The summed E-state index contributed by atoms with van der Waals surface area (Å²) in [4.78, 5) is 4.44. The Balaban J connectivity index is 1.90. The highest BCUT2D eigenvalue weighted by atomic mass is 32.2. The van der Waals surface area contributed by atoms with Crippen molar-refractivity contribution in [3.05, 3.63) is 18.0 Å². The molecule has 1 aliphatic carbocycles. The number of rotatable bonds is 3. The van der Waals surface area contributed by atoms with E-state index in [1.165, 1.54) is 6.26 Å². The van der Waals surface area contributed by atoms with Crippen LogP contribution >= 0.6 is 0 Å². The second-order valence-corrected chi connectivity index (χ2v) is 8.47. The van der Waals surface area contributed by atoms with Gasteiger partial charge in [-0.1, -0.05) is 12.8 Å². The van der Waals surface area contributed by atoms with Crippen molar-refractivity contribution >= 4 is 26.6 Å². The summed E-state index contributed by atoms with van der Waals surface area (Å²) in [6.07, 6.45) is 6.75. The lowest BCUT2D eigenvalue weighted by Gasteiger charge is -2.31. The minimum atomic E-state index is -3.04. The van der Waals surface area contributed by atoms with Crippen LogP contribution in [0.5, 0.6) is 0 Å². The number of sulfone groups is 1. The largest absolute Gasteiger partial charge is 0.380 e. The van der Waals surface area contributed by atoms with Gasteiger partial charge >= 0.3 is 0 Å². The summed E-state index contributed by atoms with van der Waals surface area (Å²) < 4.78 is 25.7. The normalized spacial score (nSPS) is 22.9. The van der Waals surface area contributed by atoms with Crippen molar-refractivity contribution in [2.45, 2.75) is 43.9 Å². The molecule has 120 valence electrons. The third kappa shape index (κ3) is 2.82. The van der Waals surface area contributed by atoms with Crippen LogP contribution in [0.25, 0.3) is 11.0 Å². The molecule has 0 amide bonds. The summed E-state index contributed by atoms with van der Waals surface area (Å²) in [5.41, 5.74) is 2.63. The molecular formula is C15H22N4O2S. The number of anilines is 1. The van der Waals surface area contributed by atoms with Gasteiger partial charge in [0.1, 0.15) is 0 Å². The Bertz CT molecular complexity index is 797. The van der Waals surface area contributed by atoms with Gasteiger partial charge in [0, 0.05) is 24.7 Å². The number of aromatic nitrogens is 3. The maximum absolute atomic E-state index is 12.0. The van der Waals surface area contributed by atoms with Crippen molar-refractivity contribution in [1.82, 2.24) is 14.8 Å². The third-order valence-corrected chi connectivity index (χ3v) is 6.13. The van der Waals surface area contributed by atoms with Gasteiger partial charge in [0.2, 0.25) is 0 Å². The first kappa shape index (κ1) is 15.3. The fourth-order valence-corrected chi connectivity index (χ4v) is 4.77. The Morgan fingerprint density at radius 3 is 2.77 bits per heavy atom. The highest BCUT2D eigenvalue weighted by Crippen LogP contribution is 2.28. The number of nitrogens with zero attached hydrogens (tertiary/aromatic N) is 3. The van der Waals surface area contributed by atoms with Crippen LogP contribution in [0.4, 0.5) is 5.69 Å². The van der Waals surface area contributed by atoms with Crippen LogP contribution < -0.4 is 5.32 Å². The minimum absolute atomic E-state index is 0.0417. The van der Waals surface area contributed by atoms with Gasteiger partial charge in [0.25, 0.3) is 0 Å². The smallest absolute Gasteiger partial charge is 0.157 e. The second-order valence-electron chi connectivity index (χ2n) is 6.21. The fraction of sp³-hybridized carbons (Fsp3) is 0.600. The van der Waals surface area contributed by atoms with Crippen molar-refractivity contribution < 1.29 is 8.42 Å². The Labute approximate surface area is 130 Å². The molecule has 2 heterocycles. The maximum atomic E-state index is 12.0. The molecule has 0 saturated heterocycles. The number of pyridine rings is 1. The van der Waals surface area contributed by atoms with E-state index in [-0.39, 0.29) is 11.3 Å². The van der Waals surface area contributed by atoms with Gasteiger partial charge in [-0.25, -0.2) is 13.4 Å². The van der Waals surface area contributed by atoms with Crippen LogP contribution in [0.15, 0.2) is 12.3 Å². The Kier molecular flexibility index (Phi) is 3.84. The van der Waals surface area contributed by atoms with Crippen LogP contribution in [0, 0.1) is 6.92 Å². The van der Waals surface area contributed by atoms with Crippen molar-refractivity contribution in [3.63, 3.8) is 0 Å². The summed E-state index contributed by atoms with van der Waals surface area (Å²) in [7, 11) is -1.17. The number of fused-ring (bicyclic) bond motifs is 1. The van der Waals surface area contributed by atoms with Crippen molar-refractivity contribution in [2.75, 3.05) is 11.6 Å².